The summed E-state index contributed by atoms with van der Waals surface area (Å²) in [6.45, 7) is 1.66. The Bertz CT molecular complexity index is 526. The highest BCUT2D eigenvalue weighted by Crippen LogP contribution is 2.25. The third-order valence-corrected chi connectivity index (χ3v) is 2.92. The molecule has 1 aromatic heterocycles. The minimum absolute atomic E-state index is 0.505. The van der Waals surface area contributed by atoms with E-state index in [9.17, 15) is 4.79 Å². The number of aromatic nitrogens is 2. The van der Waals surface area contributed by atoms with Crippen LogP contribution in [0.2, 0.25) is 0 Å². The molecule has 1 aromatic carbocycles. The monoisotopic (exact) mass is 225 g/mol. The number of anilines is 1. The van der Waals surface area contributed by atoms with E-state index in [0.717, 1.165) is 19.4 Å². The van der Waals surface area contributed by atoms with E-state index in [1.807, 2.05) is 12.1 Å². The SMILES string of the molecule is O=Cc1cnc(N2Cc3ccccc3C2)nc1. The third kappa shape index (κ3) is 1.78. The lowest BCUT2D eigenvalue weighted by atomic mass is 10.1. The Balaban J connectivity index is 1.86. The van der Waals surface area contributed by atoms with Crippen molar-refractivity contribution >= 4 is 12.2 Å². The van der Waals surface area contributed by atoms with Crippen LogP contribution >= 0.6 is 0 Å². The van der Waals surface area contributed by atoms with Gasteiger partial charge in [0.05, 0.1) is 5.56 Å². The van der Waals surface area contributed by atoms with E-state index < -0.39 is 0 Å². The highest BCUT2D eigenvalue weighted by atomic mass is 16.1. The zero-order chi connectivity index (χ0) is 11.7. The summed E-state index contributed by atoms with van der Waals surface area (Å²) in [6.07, 6.45) is 3.86. The van der Waals surface area contributed by atoms with Gasteiger partial charge in [-0.25, -0.2) is 9.97 Å². The summed E-state index contributed by atoms with van der Waals surface area (Å²) in [7, 11) is 0. The summed E-state index contributed by atoms with van der Waals surface area (Å²) in [5.41, 5.74) is 3.14. The number of benzene rings is 1. The van der Waals surface area contributed by atoms with Crippen molar-refractivity contribution in [2.75, 3.05) is 4.90 Å². The zero-order valence-electron chi connectivity index (χ0n) is 9.21. The van der Waals surface area contributed by atoms with E-state index in [0.29, 0.717) is 11.5 Å². The van der Waals surface area contributed by atoms with Crippen molar-refractivity contribution in [2.45, 2.75) is 13.1 Å². The summed E-state index contributed by atoms with van der Waals surface area (Å²) in [5.74, 6) is 0.673. The van der Waals surface area contributed by atoms with Crippen LogP contribution in [0, 0.1) is 0 Å². The van der Waals surface area contributed by atoms with Crippen LogP contribution in [0.5, 0.6) is 0 Å². The summed E-state index contributed by atoms with van der Waals surface area (Å²) in [5, 5.41) is 0. The number of carbonyl (C=O) groups excluding carboxylic acids is 1. The van der Waals surface area contributed by atoms with Crippen LogP contribution in [-0.4, -0.2) is 16.3 Å². The minimum atomic E-state index is 0.505. The van der Waals surface area contributed by atoms with Gasteiger partial charge in [-0.05, 0) is 11.1 Å². The van der Waals surface area contributed by atoms with Crippen molar-refractivity contribution < 1.29 is 4.79 Å². The number of aldehydes is 1. The average Bonchev–Trinajstić information content (AvgIpc) is 2.82. The molecule has 0 saturated heterocycles. The summed E-state index contributed by atoms with van der Waals surface area (Å²) in [4.78, 5) is 21.0. The van der Waals surface area contributed by atoms with Gasteiger partial charge in [0.2, 0.25) is 5.95 Å². The molecule has 1 aliphatic heterocycles. The van der Waals surface area contributed by atoms with E-state index in [-0.39, 0.29) is 0 Å². The lowest BCUT2D eigenvalue weighted by Gasteiger charge is -2.14. The number of fused-ring (bicyclic) bond motifs is 1. The molecule has 4 heteroatoms. The fourth-order valence-corrected chi connectivity index (χ4v) is 2.03. The highest BCUT2D eigenvalue weighted by molar-refractivity contribution is 5.73. The maximum Gasteiger partial charge on any atom is 0.225 e. The molecule has 0 saturated carbocycles. The van der Waals surface area contributed by atoms with Crippen LogP contribution in [0.25, 0.3) is 0 Å². The second-order valence-electron chi connectivity index (χ2n) is 4.06. The van der Waals surface area contributed by atoms with E-state index >= 15 is 0 Å². The average molecular weight is 225 g/mol. The molecule has 0 atom stereocenters. The standard InChI is InChI=1S/C13H11N3O/c17-9-10-5-14-13(15-6-10)16-7-11-3-1-2-4-12(11)8-16/h1-6,9H,7-8H2. The van der Waals surface area contributed by atoms with Crippen LogP contribution in [0.15, 0.2) is 36.7 Å². The molecule has 0 bridgehead atoms. The molecule has 2 aromatic rings. The minimum Gasteiger partial charge on any atom is -0.332 e. The second kappa shape index (κ2) is 3.97. The van der Waals surface area contributed by atoms with E-state index in [4.69, 9.17) is 0 Å². The Labute approximate surface area is 98.9 Å². The van der Waals surface area contributed by atoms with Crippen LogP contribution in [0.1, 0.15) is 21.5 Å². The highest BCUT2D eigenvalue weighted by Gasteiger charge is 2.20. The normalized spacial score (nSPS) is 13.5. The van der Waals surface area contributed by atoms with Gasteiger partial charge in [-0.3, -0.25) is 4.79 Å². The van der Waals surface area contributed by atoms with Gasteiger partial charge in [0.1, 0.15) is 0 Å². The van der Waals surface area contributed by atoms with E-state index in [1.54, 1.807) is 12.4 Å². The first kappa shape index (κ1) is 9.96. The predicted octanol–water partition coefficient (Wildman–Crippen LogP) is 1.81. The molecule has 0 aliphatic carbocycles. The van der Waals surface area contributed by atoms with Crippen molar-refractivity contribution in [3.63, 3.8) is 0 Å². The molecule has 3 rings (SSSR count). The van der Waals surface area contributed by atoms with Gasteiger partial charge in [0.15, 0.2) is 6.29 Å². The first-order valence-electron chi connectivity index (χ1n) is 5.46. The number of carbonyl (C=O) groups is 1. The van der Waals surface area contributed by atoms with Crippen molar-refractivity contribution in [3.8, 4) is 0 Å². The Morgan fingerprint density at radius 2 is 1.65 bits per heavy atom. The molecule has 0 unspecified atom stereocenters. The molecule has 17 heavy (non-hydrogen) atoms. The molecular formula is C13H11N3O. The lowest BCUT2D eigenvalue weighted by Crippen LogP contribution is -2.17. The molecule has 0 fully saturated rings. The smallest absolute Gasteiger partial charge is 0.225 e. The van der Waals surface area contributed by atoms with Crippen molar-refractivity contribution in [1.82, 2.24) is 9.97 Å². The van der Waals surface area contributed by atoms with E-state index in [1.165, 1.54) is 11.1 Å². The third-order valence-electron chi connectivity index (χ3n) is 2.92. The van der Waals surface area contributed by atoms with Gasteiger partial charge in [0.25, 0.3) is 0 Å². The molecule has 84 valence electrons. The fourth-order valence-electron chi connectivity index (χ4n) is 2.03. The molecule has 0 radical (unpaired) electrons. The van der Waals surface area contributed by atoms with Crippen LogP contribution < -0.4 is 4.90 Å². The van der Waals surface area contributed by atoms with E-state index in [2.05, 4.69) is 27.0 Å². The number of hydrogen-bond donors (Lipinski definition) is 0. The Morgan fingerprint density at radius 3 is 2.18 bits per heavy atom. The van der Waals surface area contributed by atoms with Gasteiger partial charge in [0, 0.05) is 25.5 Å². The quantitative estimate of drug-likeness (QED) is 0.731. The van der Waals surface area contributed by atoms with Crippen molar-refractivity contribution in [3.05, 3.63) is 53.3 Å². The van der Waals surface area contributed by atoms with Crippen LogP contribution in [0.3, 0.4) is 0 Å². The molecule has 4 nitrogen and oxygen atoms in total. The molecule has 0 spiro atoms. The Hall–Kier alpha value is -2.23. The van der Waals surface area contributed by atoms with Gasteiger partial charge in [-0.1, -0.05) is 24.3 Å². The maximum atomic E-state index is 10.5. The molecule has 1 aliphatic rings. The lowest BCUT2D eigenvalue weighted by molar-refractivity contribution is 0.112. The Kier molecular flexibility index (Phi) is 2.33. The zero-order valence-corrected chi connectivity index (χ0v) is 9.21. The molecular weight excluding hydrogens is 214 g/mol. The number of nitrogens with zero attached hydrogens (tertiary/aromatic N) is 3. The first-order valence-corrected chi connectivity index (χ1v) is 5.46. The Morgan fingerprint density at radius 1 is 1.06 bits per heavy atom. The fraction of sp³-hybridized carbons (Fsp3) is 0.154. The summed E-state index contributed by atoms with van der Waals surface area (Å²) in [6, 6.07) is 8.32. The second-order valence-corrected chi connectivity index (χ2v) is 4.06. The maximum absolute atomic E-state index is 10.5. The molecule has 0 amide bonds. The van der Waals surface area contributed by atoms with Gasteiger partial charge < -0.3 is 4.90 Å². The summed E-state index contributed by atoms with van der Waals surface area (Å²) >= 11 is 0. The van der Waals surface area contributed by atoms with Crippen molar-refractivity contribution in [1.29, 1.82) is 0 Å². The van der Waals surface area contributed by atoms with Crippen LogP contribution in [0.4, 0.5) is 5.95 Å². The topological polar surface area (TPSA) is 46.1 Å². The van der Waals surface area contributed by atoms with Gasteiger partial charge in [-0.2, -0.15) is 0 Å². The molecule has 2 heterocycles. The summed E-state index contributed by atoms with van der Waals surface area (Å²) < 4.78 is 0. The molecule has 0 N–H and O–H groups in total. The number of rotatable bonds is 2. The van der Waals surface area contributed by atoms with Gasteiger partial charge >= 0.3 is 0 Å². The predicted molar refractivity (Wildman–Crippen MR) is 63.7 cm³/mol. The van der Waals surface area contributed by atoms with Crippen LogP contribution in [-0.2, 0) is 13.1 Å². The van der Waals surface area contributed by atoms with Gasteiger partial charge in [-0.15, -0.1) is 0 Å². The number of hydrogen-bond acceptors (Lipinski definition) is 4. The first-order chi connectivity index (χ1) is 8.36. The van der Waals surface area contributed by atoms with Crippen molar-refractivity contribution in [2.24, 2.45) is 0 Å². The largest absolute Gasteiger partial charge is 0.332 e.